The zero-order chi connectivity index (χ0) is 15.7. The molecule has 1 N–H and O–H groups in total. The van der Waals surface area contributed by atoms with Gasteiger partial charge in [0.05, 0.1) is 7.11 Å². The van der Waals surface area contributed by atoms with Gasteiger partial charge in [0.15, 0.2) is 11.6 Å². The fourth-order valence-electron chi connectivity index (χ4n) is 2.98. The summed E-state index contributed by atoms with van der Waals surface area (Å²) in [6, 6.07) is 5.53. The summed E-state index contributed by atoms with van der Waals surface area (Å²) in [4.78, 5) is 0. The summed E-state index contributed by atoms with van der Waals surface area (Å²) in [5.74, 6) is 0.585. The van der Waals surface area contributed by atoms with Gasteiger partial charge in [-0.25, -0.2) is 4.39 Å². The van der Waals surface area contributed by atoms with Crippen molar-refractivity contribution in [3.8, 4) is 5.75 Å². The minimum atomic E-state index is -0.217. The number of halogens is 1. The van der Waals surface area contributed by atoms with Gasteiger partial charge >= 0.3 is 0 Å². The molecule has 3 heteroatoms. The first kappa shape index (κ1) is 18.0. The summed E-state index contributed by atoms with van der Waals surface area (Å²) in [5.41, 5.74) is 0.745. The molecule has 0 aliphatic rings. The minimum Gasteiger partial charge on any atom is -0.494 e. The van der Waals surface area contributed by atoms with Gasteiger partial charge in [-0.3, -0.25) is 0 Å². The van der Waals surface area contributed by atoms with Gasteiger partial charge < -0.3 is 10.1 Å². The van der Waals surface area contributed by atoms with Crippen LogP contribution in [0.3, 0.4) is 0 Å². The lowest BCUT2D eigenvalue weighted by Gasteiger charge is -2.29. The Labute approximate surface area is 129 Å². The van der Waals surface area contributed by atoms with Crippen molar-refractivity contribution in [3.63, 3.8) is 0 Å². The van der Waals surface area contributed by atoms with Crippen molar-refractivity contribution in [3.05, 3.63) is 29.6 Å². The minimum absolute atomic E-state index is 0.0694. The van der Waals surface area contributed by atoms with E-state index in [1.54, 1.807) is 6.07 Å². The third-order valence-electron chi connectivity index (χ3n) is 3.95. The molecule has 2 nitrogen and oxygen atoms in total. The molecule has 0 saturated carbocycles. The number of hydrogen-bond donors (Lipinski definition) is 1. The summed E-state index contributed by atoms with van der Waals surface area (Å²) in [7, 11) is 1.52. The first-order chi connectivity index (χ1) is 10.2. The lowest BCUT2D eigenvalue weighted by molar-refractivity contribution is 0.304. The van der Waals surface area contributed by atoms with E-state index in [9.17, 15) is 4.39 Å². The third-order valence-corrected chi connectivity index (χ3v) is 3.95. The van der Waals surface area contributed by atoms with Crippen molar-refractivity contribution in [1.82, 2.24) is 5.32 Å². The molecule has 0 aromatic heterocycles. The lowest BCUT2D eigenvalue weighted by Crippen LogP contribution is -2.30. The number of rotatable bonds is 10. The van der Waals surface area contributed by atoms with Gasteiger partial charge in [0, 0.05) is 11.6 Å². The zero-order valence-electron chi connectivity index (χ0n) is 13.9. The summed E-state index contributed by atoms with van der Waals surface area (Å²) in [6.07, 6.45) is 5.53. The Morgan fingerprint density at radius 1 is 1.10 bits per heavy atom. The van der Waals surface area contributed by atoms with Crippen LogP contribution in [0.5, 0.6) is 5.75 Å². The Morgan fingerprint density at radius 3 is 2.29 bits per heavy atom. The van der Waals surface area contributed by atoms with Gasteiger partial charge in [0.25, 0.3) is 0 Å². The second kappa shape index (κ2) is 9.78. The van der Waals surface area contributed by atoms with Crippen molar-refractivity contribution < 1.29 is 9.13 Å². The van der Waals surface area contributed by atoms with Crippen LogP contribution in [0, 0.1) is 11.7 Å². The monoisotopic (exact) mass is 295 g/mol. The second-order valence-corrected chi connectivity index (χ2v) is 5.63. The molecule has 21 heavy (non-hydrogen) atoms. The van der Waals surface area contributed by atoms with Crippen LogP contribution in [0.1, 0.15) is 64.5 Å². The Morgan fingerprint density at radius 2 is 1.76 bits per heavy atom. The van der Waals surface area contributed by atoms with Gasteiger partial charge in [-0.1, -0.05) is 45.7 Å². The number of methoxy groups -OCH3 is 1. The highest BCUT2D eigenvalue weighted by Gasteiger charge is 2.25. The van der Waals surface area contributed by atoms with Crippen LogP contribution in [-0.4, -0.2) is 13.7 Å². The number of hydrogen-bond acceptors (Lipinski definition) is 2. The average Bonchev–Trinajstić information content (AvgIpc) is 2.49. The highest BCUT2D eigenvalue weighted by atomic mass is 19.1. The van der Waals surface area contributed by atoms with Gasteiger partial charge in [0.2, 0.25) is 0 Å². The lowest BCUT2D eigenvalue weighted by atomic mass is 9.85. The van der Waals surface area contributed by atoms with Crippen molar-refractivity contribution in [2.45, 2.75) is 58.9 Å². The fourth-order valence-corrected chi connectivity index (χ4v) is 2.98. The molecule has 0 fully saturated rings. The van der Waals surface area contributed by atoms with Crippen LogP contribution >= 0.6 is 0 Å². The second-order valence-electron chi connectivity index (χ2n) is 5.63. The van der Waals surface area contributed by atoms with E-state index < -0.39 is 0 Å². The normalized spacial score (nSPS) is 12.7. The highest BCUT2D eigenvalue weighted by Crippen LogP contribution is 2.34. The topological polar surface area (TPSA) is 21.3 Å². The van der Waals surface area contributed by atoms with Gasteiger partial charge in [-0.2, -0.15) is 0 Å². The van der Waals surface area contributed by atoms with Crippen LogP contribution in [0.4, 0.5) is 4.39 Å². The molecular formula is C18H30FNO. The molecule has 0 aliphatic heterocycles. The van der Waals surface area contributed by atoms with E-state index in [2.05, 4.69) is 26.1 Å². The summed E-state index contributed by atoms with van der Waals surface area (Å²) in [6.45, 7) is 7.44. The van der Waals surface area contributed by atoms with Crippen LogP contribution < -0.4 is 10.1 Å². The van der Waals surface area contributed by atoms with Crippen molar-refractivity contribution in [1.29, 1.82) is 0 Å². The molecule has 0 amide bonds. The summed E-state index contributed by atoms with van der Waals surface area (Å²) >= 11 is 0. The predicted molar refractivity (Wildman–Crippen MR) is 87.3 cm³/mol. The maximum Gasteiger partial charge on any atom is 0.169 e. The molecule has 120 valence electrons. The van der Waals surface area contributed by atoms with E-state index in [4.69, 9.17) is 4.74 Å². The number of ether oxygens (including phenoxy) is 1. The zero-order valence-corrected chi connectivity index (χ0v) is 13.9. The predicted octanol–water partition coefficient (Wildman–Crippen LogP) is 5.09. The summed E-state index contributed by atoms with van der Waals surface area (Å²) in [5, 5.41) is 3.55. The molecule has 0 radical (unpaired) electrons. The third kappa shape index (κ3) is 4.99. The van der Waals surface area contributed by atoms with Crippen LogP contribution in [0.2, 0.25) is 0 Å². The van der Waals surface area contributed by atoms with Crippen LogP contribution in [-0.2, 0) is 0 Å². The molecular weight excluding hydrogens is 265 g/mol. The van der Waals surface area contributed by atoms with Gasteiger partial charge in [-0.05, 0) is 37.8 Å². The fraction of sp³-hybridized carbons (Fsp3) is 0.667. The Hall–Kier alpha value is -1.09. The van der Waals surface area contributed by atoms with E-state index in [0.717, 1.165) is 44.2 Å². The SMILES string of the molecule is CCCNC(c1cccc(OC)c1F)C(CCC)CCC. The van der Waals surface area contributed by atoms with E-state index in [1.165, 1.54) is 7.11 Å². The molecule has 1 aromatic carbocycles. The number of benzene rings is 1. The van der Waals surface area contributed by atoms with E-state index in [0.29, 0.717) is 11.7 Å². The smallest absolute Gasteiger partial charge is 0.169 e. The van der Waals surface area contributed by atoms with E-state index in [1.807, 2.05) is 12.1 Å². The molecule has 1 aromatic rings. The molecule has 0 spiro atoms. The van der Waals surface area contributed by atoms with Crippen molar-refractivity contribution >= 4 is 0 Å². The molecule has 0 heterocycles. The number of nitrogens with one attached hydrogen (secondary N) is 1. The van der Waals surface area contributed by atoms with E-state index in [-0.39, 0.29) is 11.9 Å². The molecule has 1 rings (SSSR count). The maximum atomic E-state index is 14.6. The first-order valence-electron chi connectivity index (χ1n) is 8.25. The van der Waals surface area contributed by atoms with Gasteiger partial charge in [-0.15, -0.1) is 0 Å². The highest BCUT2D eigenvalue weighted by molar-refractivity contribution is 5.33. The summed E-state index contributed by atoms with van der Waals surface area (Å²) < 4.78 is 19.8. The standard InChI is InChI=1S/C18H30FNO/c1-5-9-14(10-6-2)18(20-13-7-3)15-11-8-12-16(21-4)17(15)19/h8,11-12,14,18,20H,5-7,9-10,13H2,1-4H3. The molecule has 1 atom stereocenters. The molecule has 0 aliphatic carbocycles. The Bertz CT molecular complexity index is 402. The largest absolute Gasteiger partial charge is 0.494 e. The Kier molecular flexibility index (Phi) is 8.36. The quantitative estimate of drug-likeness (QED) is 0.649. The molecule has 1 unspecified atom stereocenters. The molecule has 0 bridgehead atoms. The van der Waals surface area contributed by atoms with Crippen LogP contribution in [0.15, 0.2) is 18.2 Å². The first-order valence-corrected chi connectivity index (χ1v) is 8.25. The molecule has 0 saturated heterocycles. The van der Waals surface area contributed by atoms with Crippen molar-refractivity contribution in [2.75, 3.05) is 13.7 Å². The van der Waals surface area contributed by atoms with Gasteiger partial charge in [0.1, 0.15) is 0 Å². The maximum absolute atomic E-state index is 14.6. The van der Waals surface area contributed by atoms with E-state index >= 15 is 0 Å². The average molecular weight is 295 g/mol. The van der Waals surface area contributed by atoms with Crippen LogP contribution in [0.25, 0.3) is 0 Å². The Balaban J connectivity index is 3.10. The van der Waals surface area contributed by atoms with Crippen molar-refractivity contribution in [2.24, 2.45) is 5.92 Å².